The van der Waals surface area contributed by atoms with Crippen molar-refractivity contribution in [2.24, 2.45) is 0 Å². The van der Waals surface area contributed by atoms with Gasteiger partial charge in [0.1, 0.15) is 21.3 Å². The number of phenols is 2. The molecular formula is C35H26N4O11S2. The summed E-state index contributed by atoms with van der Waals surface area (Å²) in [6.45, 7) is 0. The quantitative estimate of drug-likeness (QED) is 0.0834. The molecule has 8 N–H and O–H groups in total. The number of hydrogen-bond donors (Lipinski definition) is 8. The molecule has 6 rings (SSSR count). The number of anilines is 4. The summed E-state index contributed by atoms with van der Waals surface area (Å²) in [5.41, 5.74) is 0.927. The standard InChI is InChI=1S/C35H26N4O11S2/c40-27-11-3-9-23-25(13-15-29(31(23)27)51(45,46)47)38-33(42)19-5-1-7-21(17-19)36-35(44)37-22-8-2-6-20(18-22)34(43)39-26-14-16-30(52(48,49)50)32-24(26)10-4-12-28(32)41/h1-18,40-41H,(H,38,42)(H,39,43)(H2,36,37,44)(H,45,46,47)(H,48,49,50). The fourth-order valence-corrected chi connectivity index (χ4v) is 6.94. The molecule has 0 radical (unpaired) electrons. The minimum absolute atomic E-state index is 0.106. The van der Waals surface area contributed by atoms with Gasteiger partial charge in [-0.3, -0.25) is 18.7 Å². The van der Waals surface area contributed by atoms with E-state index in [1.54, 1.807) is 0 Å². The molecule has 0 aromatic heterocycles. The van der Waals surface area contributed by atoms with Crippen molar-refractivity contribution in [3.8, 4) is 11.5 Å². The fraction of sp³-hybridized carbons (Fsp3) is 0. The van der Waals surface area contributed by atoms with Crippen LogP contribution in [0, 0.1) is 0 Å². The van der Waals surface area contributed by atoms with E-state index in [1.165, 1.54) is 97.1 Å². The predicted octanol–water partition coefficient (Wildman–Crippen LogP) is 6.05. The second-order valence-corrected chi connectivity index (χ2v) is 14.0. The van der Waals surface area contributed by atoms with Crippen LogP contribution < -0.4 is 21.3 Å². The molecule has 15 nitrogen and oxygen atoms in total. The van der Waals surface area contributed by atoms with Gasteiger partial charge >= 0.3 is 6.03 Å². The molecule has 0 fully saturated rings. The molecule has 0 saturated heterocycles. The average molecular weight is 743 g/mol. The Bertz CT molecular complexity index is 2500. The van der Waals surface area contributed by atoms with Crippen LogP contribution in [0.5, 0.6) is 11.5 Å². The first-order chi connectivity index (χ1) is 24.6. The van der Waals surface area contributed by atoms with E-state index in [4.69, 9.17) is 0 Å². The number of hydrogen-bond acceptors (Lipinski definition) is 9. The molecule has 0 unspecified atom stereocenters. The van der Waals surface area contributed by atoms with E-state index in [0.717, 1.165) is 12.1 Å². The SMILES string of the molecule is O=C(Nc1cccc(C(=O)Nc2ccc(S(=O)(=O)O)c3c(O)cccc23)c1)Nc1cccc(C(=O)Nc2ccc(S(=O)(=O)O)c3c(O)cccc23)c1. The second-order valence-electron chi connectivity index (χ2n) is 11.2. The molecule has 0 aliphatic heterocycles. The zero-order chi connectivity index (χ0) is 37.4. The van der Waals surface area contributed by atoms with Gasteiger partial charge in [0.25, 0.3) is 32.1 Å². The number of benzene rings is 6. The predicted molar refractivity (Wildman–Crippen MR) is 192 cm³/mol. The Morgan fingerprint density at radius 1 is 0.481 bits per heavy atom. The molecular weight excluding hydrogens is 717 g/mol. The maximum absolute atomic E-state index is 13.2. The molecule has 4 amide bonds. The van der Waals surface area contributed by atoms with Gasteiger partial charge in [-0.2, -0.15) is 16.8 Å². The van der Waals surface area contributed by atoms with Crippen LogP contribution in [0.15, 0.2) is 119 Å². The monoisotopic (exact) mass is 742 g/mol. The lowest BCUT2D eigenvalue weighted by molar-refractivity contribution is 0.101. The number of nitrogens with one attached hydrogen (secondary N) is 4. The summed E-state index contributed by atoms with van der Waals surface area (Å²) in [7, 11) is -9.39. The number of amides is 4. The lowest BCUT2D eigenvalue weighted by Crippen LogP contribution is -2.20. The number of urea groups is 1. The van der Waals surface area contributed by atoms with Gasteiger partial charge in [0, 0.05) is 55.4 Å². The number of fused-ring (bicyclic) bond motifs is 2. The first kappa shape index (κ1) is 35.3. The van der Waals surface area contributed by atoms with Crippen LogP contribution >= 0.6 is 0 Å². The third-order valence-corrected chi connectivity index (χ3v) is 9.57. The topological polar surface area (TPSA) is 249 Å². The molecule has 0 saturated carbocycles. The molecule has 264 valence electrons. The van der Waals surface area contributed by atoms with E-state index in [9.17, 15) is 50.5 Å². The molecule has 17 heteroatoms. The molecule has 0 aliphatic carbocycles. The van der Waals surface area contributed by atoms with Crippen molar-refractivity contribution in [3.05, 3.63) is 120 Å². The third-order valence-electron chi connectivity index (χ3n) is 7.78. The summed E-state index contributed by atoms with van der Waals surface area (Å²) >= 11 is 0. The van der Waals surface area contributed by atoms with E-state index in [2.05, 4.69) is 21.3 Å². The van der Waals surface area contributed by atoms with E-state index < -0.39 is 59.4 Å². The van der Waals surface area contributed by atoms with E-state index in [0.29, 0.717) is 0 Å². The number of carbonyl (C=O) groups is 3. The molecule has 0 bridgehead atoms. The maximum Gasteiger partial charge on any atom is 0.323 e. The maximum atomic E-state index is 13.2. The van der Waals surface area contributed by atoms with Crippen molar-refractivity contribution in [2.75, 3.05) is 21.3 Å². The summed E-state index contributed by atoms with van der Waals surface area (Å²) in [6.07, 6.45) is 0. The van der Waals surface area contributed by atoms with Crippen molar-refractivity contribution < 1.29 is 50.5 Å². The molecule has 6 aromatic carbocycles. The van der Waals surface area contributed by atoms with Crippen molar-refractivity contribution >= 4 is 82.4 Å². The first-order valence-corrected chi connectivity index (χ1v) is 17.8. The first-order valence-electron chi connectivity index (χ1n) is 15.0. The largest absolute Gasteiger partial charge is 0.507 e. The fourth-order valence-electron chi connectivity index (χ4n) is 5.52. The summed E-state index contributed by atoms with van der Waals surface area (Å²) < 4.78 is 66.7. The third kappa shape index (κ3) is 7.32. The number of phenolic OH excluding ortho intramolecular Hbond substituents is 2. The Morgan fingerprint density at radius 3 is 1.25 bits per heavy atom. The van der Waals surface area contributed by atoms with Gasteiger partial charge in [0.2, 0.25) is 0 Å². The van der Waals surface area contributed by atoms with Crippen LogP contribution in [0.25, 0.3) is 21.5 Å². The highest BCUT2D eigenvalue weighted by molar-refractivity contribution is 7.86. The Labute approximate surface area is 295 Å². The summed E-state index contributed by atoms with van der Waals surface area (Å²) in [5.74, 6) is -2.12. The van der Waals surface area contributed by atoms with Gasteiger partial charge < -0.3 is 31.5 Å². The zero-order valence-corrected chi connectivity index (χ0v) is 28.0. The van der Waals surface area contributed by atoms with Crippen LogP contribution in [0.4, 0.5) is 27.5 Å². The summed E-state index contributed by atoms with van der Waals surface area (Å²) in [5, 5.41) is 31.0. The van der Waals surface area contributed by atoms with Gasteiger partial charge in [-0.05, 0) is 72.8 Å². The van der Waals surface area contributed by atoms with Gasteiger partial charge in [-0.1, -0.05) is 36.4 Å². The van der Waals surface area contributed by atoms with Crippen molar-refractivity contribution in [3.63, 3.8) is 0 Å². The Hall–Kier alpha value is -6.53. The van der Waals surface area contributed by atoms with Gasteiger partial charge in [0.15, 0.2) is 0 Å². The Morgan fingerprint density at radius 2 is 0.865 bits per heavy atom. The average Bonchev–Trinajstić information content (AvgIpc) is 3.08. The van der Waals surface area contributed by atoms with Crippen LogP contribution in [0.1, 0.15) is 20.7 Å². The zero-order valence-electron chi connectivity index (χ0n) is 26.4. The lowest BCUT2D eigenvalue weighted by atomic mass is 10.1. The minimum atomic E-state index is -4.69. The highest BCUT2D eigenvalue weighted by Gasteiger charge is 2.21. The van der Waals surface area contributed by atoms with Gasteiger partial charge in [-0.25, -0.2) is 4.79 Å². The molecule has 52 heavy (non-hydrogen) atoms. The summed E-state index contributed by atoms with van der Waals surface area (Å²) in [4.78, 5) is 38.2. The van der Waals surface area contributed by atoms with E-state index >= 15 is 0 Å². The highest BCUT2D eigenvalue weighted by atomic mass is 32.2. The summed E-state index contributed by atoms with van der Waals surface area (Å²) in [6, 6.07) is 23.9. The number of carbonyl (C=O) groups excluding carboxylic acids is 3. The van der Waals surface area contributed by atoms with Crippen LogP contribution in [0.3, 0.4) is 0 Å². The lowest BCUT2D eigenvalue weighted by Gasteiger charge is -2.13. The smallest absolute Gasteiger partial charge is 0.323 e. The normalized spacial score (nSPS) is 11.6. The van der Waals surface area contributed by atoms with Gasteiger partial charge in [0.05, 0.1) is 0 Å². The second kappa shape index (κ2) is 13.6. The van der Waals surface area contributed by atoms with E-state index in [1.807, 2.05) is 0 Å². The molecule has 0 aliphatic rings. The Balaban J connectivity index is 1.15. The van der Waals surface area contributed by atoms with Crippen molar-refractivity contribution in [1.29, 1.82) is 0 Å². The number of rotatable bonds is 8. The van der Waals surface area contributed by atoms with Crippen LogP contribution in [-0.2, 0) is 20.2 Å². The van der Waals surface area contributed by atoms with Crippen LogP contribution in [0.2, 0.25) is 0 Å². The van der Waals surface area contributed by atoms with E-state index in [-0.39, 0.29) is 55.4 Å². The van der Waals surface area contributed by atoms with Gasteiger partial charge in [-0.15, -0.1) is 0 Å². The molecule has 0 spiro atoms. The molecule has 6 aromatic rings. The Kier molecular flexibility index (Phi) is 9.26. The van der Waals surface area contributed by atoms with Crippen LogP contribution in [-0.4, -0.2) is 54.0 Å². The van der Waals surface area contributed by atoms with Crippen molar-refractivity contribution in [1.82, 2.24) is 0 Å². The highest BCUT2D eigenvalue weighted by Crippen LogP contribution is 2.37. The van der Waals surface area contributed by atoms with Crippen molar-refractivity contribution in [2.45, 2.75) is 9.79 Å². The molecule has 0 heterocycles. The number of aromatic hydroxyl groups is 2. The minimum Gasteiger partial charge on any atom is -0.507 e. The molecule has 0 atom stereocenters.